The Kier molecular flexibility index (Phi) is 4.23. The second kappa shape index (κ2) is 6.58. The summed E-state index contributed by atoms with van der Waals surface area (Å²) in [5, 5.41) is 0. The summed E-state index contributed by atoms with van der Waals surface area (Å²) < 4.78 is 8.88. The number of rotatable bonds is 4. The molecule has 0 saturated heterocycles. The molecule has 4 aromatic rings. The zero-order chi connectivity index (χ0) is 19.0. The summed E-state index contributed by atoms with van der Waals surface area (Å²) in [4.78, 5) is 0. The summed E-state index contributed by atoms with van der Waals surface area (Å²) in [5.41, 5.74) is 5.08. The molecular weight excluding hydrogens is 331 g/mol. The van der Waals surface area contributed by atoms with Crippen LogP contribution in [0.1, 0.15) is 11.1 Å². The molecule has 0 aliphatic rings. The van der Waals surface area contributed by atoms with E-state index in [0.717, 1.165) is 0 Å². The van der Waals surface area contributed by atoms with E-state index in [1.165, 1.54) is 22.1 Å². The highest BCUT2D eigenvalue weighted by Gasteiger charge is 2.44. The van der Waals surface area contributed by atoms with Gasteiger partial charge < -0.3 is 8.96 Å². The fourth-order valence-corrected chi connectivity index (χ4v) is 4.09. The van der Waals surface area contributed by atoms with Crippen LogP contribution < -0.4 is 19.9 Å². The first kappa shape index (κ1) is 17.3. The molecule has 136 valence electrons. The molecule has 4 rings (SSSR count). The zero-order valence-corrected chi connectivity index (χ0v) is 16.4. The van der Waals surface area contributed by atoms with E-state index in [-0.39, 0.29) is 0 Å². The molecular formula is C22H26BN4+. The van der Waals surface area contributed by atoms with Crippen molar-refractivity contribution in [2.75, 3.05) is 0 Å². The number of hydrogen-bond donors (Lipinski definition) is 0. The van der Waals surface area contributed by atoms with Gasteiger partial charge in [0.1, 0.15) is 12.4 Å². The Labute approximate surface area is 160 Å². The summed E-state index contributed by atoms with van der Waals surface area (Å²) in [7, 11) is 4.13. The Morgan fingerprint density at radius 2 is 1.00 bits per heavy atom. The molecule has 0 radical (unpaired) electrons. The molecule has 2 aromatic carbocycles. The monoisotopic (exact) mass is 357 g/mol. The van der Waals surface area contributed by atoms with E-state index >= 15 is 0 Å². The van der Waals surface area contributed by atoms with Gasteiger partial charge in [-0.05, 0) is 13.8 Å². The Balaban J connectivity index is 2.10. The third-order valence-electron chi connectivity index (χ3n) is 5.53. The molecule has 0 N–H and O–H groups in total. The summed E-state index contributed by atoms with van der Waals surface area (Å²) in [6, 6.07) is 17.8. The highest BCUT2D eigenvalue weighted by molar-refractivity contribution is 6.89. The van der Waals surface area contributed by atoms with Gasteiger partial charge in [0.05, 0.1) is 26.5 Å². The van der Waals surface area contributed by atoms with E-state index in [4.69, 9.17) is 0 Å². The second-order valence-electron chi connectivity index (χ2n) is 7.65. The van der Waals surface area contributed by atoms with Crippen LogP contribution >= 0.6 is 0 Å². The van der Waals surface area contributed by atoms with E-state index in [2.05, 4.69) is 132 Å². The van der Waals surface area contributed by atoms with Crippen molar-refractivity contribution >= 4 is 17.3 Å². The highest BCUT2D eigenvalue weighted by atomic mass is 15.2. The van der Waals surface area contributed by atoms with Crippen LogP contribution in [0, 0.1) is 13.8 Å². The van der Waals surface area contributed by atoms with E-state index in [1.807, 2.05) is 0 Å². The molecule has 5 heteroatoms. The molecule has 4 nitrogen and oxygen atoms in total. The van der Waals surface area contributed by atoms with Crippen LogP contribution in [0.15, 0.2) is 86.0 Å². The largest absolute Gasteiger partial charge is 0.437 e. The maximum absolute atomic E-state index is 2.34. The van der Waals surface area contributed by atoms with Crippen molar-refractivity contribution in [3.8, 4) is 0 Å². The van der Waals surface area contributed by atoms with Crippen LogP contribution in [0.2, 0.25) is 0 Å². The minimum absolute atomic E-state index is 1.27. The minimum atomic E-state index is -1.41. The molecule has 0 atom stereocenters. The maximum Gasteiger partial charge on any atom is 0.437 e. The lowest BCUT2D eigenvalue weighted by Crippen LogP contribution is -2.92. The summed E-state index contributed by atoms with van der Waals surface area (Å²) >= 11 is 0. The fraction of sp³-hybridized carbons (Fsp3) is 0.182. The highest BCUT2D eigenvalue weighted by Crippen LogP contribution is 2.05. The SMILES string of the molecule is Cc1ccc([B-](c2ccc(C)cc2)([n+]2ccn(C)c2)[n+]2ccn(C)c2)cc1. The standard InChI is InChI=1S/C22H26BN4/c1-19-5-9-21(10-6-19)23(26-15-13-24(3)17-26,27-16-14-25(4)18-27)22-11-7-20(2)8-12-22/h5-18H,1-4H3/q+1. The van der Waals surface area contributed by atoms with E-state index in [9.17, 15) is 0 Å². The molecule has 2 heterocycles. The van der Waals surface area contributed by atoms with Crippen LogP contribution in [0.3, 0.4) is 0 Å². The van der Waals surface area contributed by atoms with Gasteiger partial charge in [-0.1, -0.05) is 59.7 Å². The average molecular weight is 357 g/mol. The van der Waals surface area contributed by atoms with Crippen LogP contribution in [-0.4, -0.2) is 15.6 Å². The lowest BCUT2D eigenvalue weighted by atomic mass is 9.36. The molecule has 0 unspecified atom stereocenters. The molecule has 0 amide bonds. The van der Waals surface area contributed by atoms with Gasteiger partial charge in [-0.25, -0.2) is 9.13 Å². The second-order valence-corrected chi connectivity index (χ2v) is 7.65. The van der Waals surface area contributed by atoms with Crippen molar-refractivity contribution in [1.82, 2.24) is 9.13 Å². The first-order valence-electron chi connectivity index (χ1n) is 9.36. The zero-order valence-electron chi connectivity index (χ0n) is 16.4. The summed E-state index contributed by atoms with van der Waals surface area (Å²) in [6.45, 7) is 4.27. The number of benzene rings is 2. The number of hydrogen-bond acceptors (Lipinski definition) is 0. The van der Waals surface area contributed by atoms with Crippen molar-refractivity contribution in [3.05, 3.63) is 97.1 Å². The van der Waals surface area contributed by atoms with Gasteiger partial charge in [0, 0.05) is 0 Å². The quantitative estimate of drug-likeness (QED) is 0.489. The first-order chi connectivity index (χ1) is 13.0. The van der Waals surface area contributed by atoms with Gasteiger partial charge in [0.2, 0.25) is 0 Å². The third kappa shape index (κ3) is 2.89. The average Bonchev–Trinajstić information content (AvgIpc) is 3.28. The molecule has 27 heavy (non-hydrogen) atoms. The fourth-order valence-electron chi connectivity index (χ4n) is 4.09. The van der Waals surface area contributed by atoms with Crippen molar-refractivity contribution in [3.63, 3.8) is 0 Å². The number of imidazole rings is 2. The van der Waals surface area contributed by atoms with Crippen LogP contribution in [0.5, 0.6) is 0 Å². The van der Waals surface area contributed by atoms with Gasteiger partial charge in [0.15, 0.2) is 12.7 Å². The van der Waals surface area contributed by atoms with E-state index in [1.54, 1.807) is 0 Å². The van der Waals surface area contributed by atoms with Gasteiger partial charge in [0.25, 0.3) is 0 Å². The number of aromatic nitrogens is 4. The predicted molar refractivity (Wildman–Crippen MR) is 109 cm³/mol. The first-order valence-corrected chi connectivity index (χ1v) is 9.36. The molecule has 0 fully saturated rings. The van der Waals surface area contributed by atoms with Gasteiger partial charge in [-0.15, -0.1) is 10.9 Å². The molecule has 0 spiro atoms. The number of aryl methyl sites for hydroxylation is 4. The van der Waals surface area contributed by atoms with E-state index in [0.29, 0.717) is 0 Å². The van der Waals surface area contributed by atoms with Gasteiger partial charge >= 0.3 is 6.42 Å². The predicted octanol–water partition coefficient (Wildman–Crippen LogP) is 1.21. The Morgan fingerprint density at radius 3 is 1.30 bits per heavy atom. The van der Waals surface area contributed by atoms with Crippen molar-refractivity contribution < 1.29 is 8.96 Å². The molecule has 0 bridgehead atoms. The maximum atomic E-state index is 2.34. The molecule has 0 aliphatic carbocycles. The Bertz CT molecular complexity index is 971. The molecule has 2 aromatic heterocycles. The molecule has 0 saturated carbocycles. The van der Waals surface area contributed by atoms with Crippen LogP contribution in [-0.2, 0) is 14.1 Å². The lowest BCUT2D eigenvalue weighted by molar-refractivity contribution is -0.679. The molecule has 0 aliphatic heterocycles. The van der Waals surface area contributed by atoms with Crippen molar-refractivity contribution in [1.29, 1.82) is 0 Å². The normalized spacial score (nSPS) is 11.7. The number of nitrogens with zero attached hydrogens (tertiary/aromatic N) is 4. The Hall–Kier alpha value is -3.08. The summed E-state index contributed by atoms with van der Waals surface area (Å²) in [5.74, 6) is 0. The smallest absolute Gasteiger partial charge is 0.385 e. The third-order valence-corrected chi connectivity index (χ3v) is 5.53. The summed E-state index contributed by atoms with van der Waals surface area (Å²) in [6.07, 6.45) is 11.5. The van der Waals surface area contributed by atoms with Crippen LogP contribution in [0.25, 0.3) is 0 Å². The van der Waals surface area contributed by atoms with Crippen LogP contribution in [0.4, 0.5) is 0 Å². The van der Waals surface area contributed by atoms with Crippen molar-refractivity contribution in [2.45, 2.75) is 13.8 Å². The van der Waals surface area contributed by atoms with Gasteiger partial charge in [-0.3, -0.25) is 0 Å². The van der Waals surface area contributed by atoms with E-state index < -0.39 is 6.42 Å². The van der Waals surface area contributed by atoms with Crippen molar-refractivity contribution in [2.24, 2.45) is 14.1 Å². The van der Waals surface area contributed by atoms with Gasteiger partial charge in [-0.2, -0.15) is 0 Å². The topological polar surface area (TPSA) is 17.6 Å². The Morgan fingerprint density at radius 1 is 0.630 bits per heavy atom. The minimum Gasteiger partial charge on any atom is -0.385 e. The lowest BCUT2D eigenvalue weighted by Gasteiger charge is -2.35.